The Morgan fingerprint density at radius 3 is 2.26 bits per heavy atom. The van der Waals surface area contributed by atoms with Crippen molar-refractivity contribution in [1.29, 1.82) is 0 Å². The standard InChI is InChI=1S/C21H23NO5/c1-3-27-21(25)14-20(24)22-18(15-9-11-17(26-2)12-10-15)13-19(23)16-7-5-4-6-8-16/h4-12,18H,3,13-14H2,1-2H3,(H,22,24). The molecule has 0 aliphatic carbocycles. The van der Waals surface area contributed by atoms with Crippen LogP contribution in [0, 0.1) is 0 Å². The summed E-state index contributed by atoms with van der Waals surface area (Å²) in [6.07, 6.45) is -0.315. The molecular formula is C21H23NO5. The Morgan fingerprint density at radius 2 is 1.67 bits per heavy atom. The highest BCUT2D eigenvalue weighted by Crippen LogP contribution is 2.22. The third-order valence-corrected chi connectivity index (χ3v) is 3.95. The number of amides is 1. The second-order valence-corrected chi connectivity index (χ2v) is 5.87. The SMILES string of the molecule is CCOC(=O)CC(=O)NC(CC(=O)c1ccccc1)c1ccc(OC)cc1. The number of hydrogen-bond acceptors (Lipinski definition) is 5. The van der Waals surface area contributed by atoms with Gasteiger partial charge in [-0.1, -0.05) is 42.5 Å². The third kappa shape index (κ3) is 6.26. The fraction of sp³-hybridized carbons (Fsp3) is 0.286. The molecule has 0 aromatic heterocycles. The monoisotopic (exact) mass is 369 g/mol. The Labute approximate surface area is 158 Å². The van der Waals surface area contributed by atoms with Gasteiger partial charge in [-0.3, -0.25) is 14.4 Å². The van der Waals surface area contributed by atoms with E-state index in [2.05, 4.69) is 5.32 Å². The molecule has 0 aliphatic heterocycles. The van der Waals surface area contributed by atoms with Gasteiger partial charge in [0.25, 0.3) is 0 Å². The first-order valence-corrected chi connectivity index (χ1v) is 8.70. The van der Waals surface area contributed by atoms with Gasteiger partial charge < -0.3 is 14.8 Å². The summed E-state index contributed by atoms with van der Waals surface area (Å²) in [6, 6.07) is 15.4. The van der Waals surface area contributed by atoms with E-state index in [1.54, 1.807) is 62.6 Å². The van der Waals surface area contributed by atoms with Crippen molar-refractivity contribution in [2.45, 2.75) is 25.8 Å². The molecular weight excluding hydrogens is 346 g/mol. The van der Waals surface area contributed by atoms with Gasteiger partial charge in [0.1, 0.15) is 12.2 Å². The Bertz CT molecular complexity index is 771. The zero-order valence-electron chi connectivity index (χ0n) is 15.4. The van der Waals surface area contributed by atoms with Gasteiger partial charge in [0.15, 0.2) is 5.78 Å². The zero-order valence-corrected chi connectivity index (χ0v) is 15.4. The van der Waals surface area contributed by atoms with Crippen molar-refractivity contribution >= 4 is 17.7 Å². The summed E-state index contributed by atoms with van der Waals surface area (Å²) in [7, 11) is 1.56. The summed E-state index contributed by atoms with van der Waals surface area (Å²) in [5.41, 5.74) is 1.31. The minimum atomic E-state index is -0.599. The molecule has 0 fully saturated rings. The quantitative estimate of drug-likeness (QED) is 0.417. The number of esters is 1. The third-order valence-electron chi connectivity index (χ3n) is 3.95. The van der Waals surface area contributed by atoms with Crippen LogP contribution in [0.1, 0.15) is 41.7 Å². The Hall–Kier alpha value is -3.15. The molecule has 1 atom stereocenters. The lowest BCUT2D eigenvalue weighted by Gasteiger charge is -2.19. The lowest BCUT2D eigenvalue weighted by atomic mass is 9.97. The molecule has 0 radical (unpaired) electrons. The number of hydrogen-bond donors (Lipinski definition) is 1. The molecule has 0 saturated heterocycles. The highest BCUT2D eigenvalue weighted by Gasteiger charge is 2.21. The number of rotatable bonds is 9. The fourth-order valence-corrected chi connectivity index (χ4v) is 2.60. The number of ether oxygens (including phenoxy) is 2. The van der Waals surface area contributed by atoms with Gasteiger partial charge in [0, 0.05) is 12.0 Å². The van der Waals surface area contributed by atoms with Crippen LogP contribution in [0.15, 0.2) is 54.6 Å². The number of methoxy groups -OCH3 is 1. The van der Waals surface area contributed by atoms with Crippen LogP contribution in [0.25, 0.3) is 0 Å². The molecule has 27 heavy (non-hydrogen) atoms. The fourth-order valence-electron chi connectivity index (χ4n) is 2.60. The molecule has 2 aromatic rings. The molecule has 6 nitrogen and oxygen atoms in total. The van der Waals surface area contributed by atoms with E-state index in [4.69, 9.17) is 9.47 Å². The van der Waals surface area contributed by atoms with Gasteiger partial charge in [0.05, 0.1) is 19.8 Å². The van der Waals surface area contributed by atoms with E-state index in [0.29, 0.717) is 11.3 Å². The van der Waals surface area contributed by atoms with Crippen molar-refractivity contribution < 1.29 is 23.9 Å². The summed E-state index contributed by atoms with van der Waals surface area (Å²) < 4.78 is 9.94. The summed E-state index contributed by atoms with van der Waals surface area (Å²) in [5, 5.41) is 2.76. The van der Waals surface area contributed by atoms with Crippen LogP contribution < -0.4 is 10.1 Å². The first-order chi connectivity index (χ1) is 13.0. The molecule has 1 unspecified atom stereocenters. The summed E-state index contributed by atoms with van der Waals surface area (Å²) in [6.45, 7) is 1.88. The largest absolute Gasteiger partial charge is 0.497 e. The van der Waals surface area contributed by atoms with E-state index in [0.717, 1.165) is 5.56 Å². The van der Waals surface area contributed by atoms with Crippen LogP contribution in [0.5, 0.6) is 5.75 Å². The van der Waals surface area contributed by atoms with Crippen LogP contribution in [0.3, 0.4) is 0 Å². The average molecular weight is 369 g/mol. The Kier molecular flexibility index (Phi) is 7.55. The van der Waals surface area contributed by atoms with Gasteiger partial charge in [-0.2, -0.15) is 0 Å². The molecule has 1 N–H and O–H groups in total. The molecule has 0 spiro atoms. The van der Waals surface area contributed by atoms with Gasteiger partial charge >= 0.3 is 5.97 Å². The minimum absolute atomic E-state index is 0.0743. The number of Topliss-reactive ketones (excluding diaryl/α,β-unsaturated/α-hetero) is 1. The van der Waals surface area contributed by atoms with E-state index < -0.39 is 17.9 Å². The summed E-state index contributed by atoms with van der Waals surface area (Å²) in [4.78, 5) is 36.3. The molecule has 6 heteroatoms. The van der Waals surface area contributed by atoms with E-state index >= 15 is 0 Å². The van der Waals surface area contributed by atoms with Crippen LogP contribution in [0.4, 0.5) is 0 Å². The highest BCUT2D eigenvalue weighted by molar-refractivity contribution is 5.97. The van der Waals surface area contributed by atoms with Crippen molar-refractivity contribution in [3.8, 4) is 5.75 Å². The molecule has 0 heterocycles. The maximum Gasteiger partial charge on any atom is 0.315 e. The van der Waals surface area contributed by atoms with E-state index in [9.17, 15) is 14.4 Å². The van der Waals surface area contributed by atoms with Gasteiger partial charge in [-0.25, -0.2) is 0 Å². The highest BCUT2D eigenvalue weighted by atomic mass is 16.5. The normalized spacial score (nSPS) is 11.3. The maximum atomic E-state index is 12.6. The predicted molar refractivity (Wildman–Crippen MR) is 101 cm³/mol. The molecule has 142 valence electrons. The molecule has 1 amide bonds. The molecule has 0 bridgehead atoms. The predicted octanol–water partition coefficient (Wildman–Crippen LogP) is 3.08. The van der Waals surface area contributed by atoms with Gasteiger partial charge in [0.2, 0.25) is 5.91 Å². The maximum absolute atomic E-state index is 12.6. The molecule has 0 saturated carbocycles. The number of ketones is 1. The smallest absolute Gasteiger partial charge is 0.315 e. The topological polar surface area (TPSA) is 81.7 Å². The van der Waals surface area contributed by atoms with Crippen LogP contribution in [-0.2, 0) is 14.3 Å². The zero-order chi connectivity index (χ0) is 19.6. The van der Waals surface area contributed by atoms with Crippen molar-refractivity contribution in [1.82, 2.24) is 5.32 Å². The lowest BCUT2D eigenvalue weighted by Crippen LogP contribution is -2.32. The van der Waals surface area contributed by atoms with Crippen molar-refractivity contribution in [2.75, 3.05) is 13.7 Å². The molecule has 0 aliphatic rings. The first-order valence-electron chi connectivity index (χ1n) is 8.70. The van der Waals surface area contributed by atoms with Crippen molar-refractivity contribution in [3.63, 3.8) is 0 Å². The van der Waals surface area contributed by atoms with E-state index in [1.807, 2.05) is 6.07 Å². The van der Waals surface area contributed by atoms with E-state index in [-0.39, 0.29) is 25.2 Å². The van der Waals surface area contributed by atoms with Crippen LogP contribution in [0.2, 0.25) is 0 Å². The second-order valence-electron chi connectivity index (χ2n) is 5.87. The Morgan fingerprint density at radius 1 is 1.00 bits per heavy atom. The van der Waals surface area contributed by atoms with Crippen molar-refractivity contribution in [2.24, 2.45) is 0 Å². The van der Waals surface area contributed by atoms with Crippen molar-refractivity contribution in [3.05, 3.63) is 65.7 Å². The summed E-state index contributed by atoms with van der Waals surface area (Å²) >= 11 is 0. The van der Waals surface area contributed by atoms with Crippen LogP contribution in [-0.4, -0.2) is 31.4 Å². The number of benzene rings is 2. The molecule has 2 aromatic carbocycles. The molecule has 2 rings (SSSR count). The number of carbonyl (C=O) groups is 3. The van der Waals surface area contributed by atoms with Gasteiger partial charge in [-0.15, -0.1) is 0 Å². The lowest BCUT2D eigenvalue weighted by molar-refractivity contribution is -0.146. The number of nitrogens with one attached hydrogen (secondary N) is 1. The summed E-state index contributed by atoms with van der Waals surface area (Å²) in [5.74, 6) is -0.523. The second kappa shape index (κ2) is 10.1. The Balaban J connectivity index is 2.15. The minimum Gasteiger partial charge on any atom is -0.497 e. The first kappa shape index (κ1) is 20.2. The number of carbonyl (C=O) groups excluding carboxylic acids is 3. The van der Waals surface area contributed by atoms with Gasteiger partial charge in [-0.05, 0) is 24.6 Å². The van der Waals surface area contributed by atoms with E-state index in [1.165, 1.54) is 0 Å². The van der Waals surface area contributed by atoms with Crippen LogP contribution >= 0.6 is 0 Å². The average Bonchev–Trinajstić information content (AvgIpc) is 2.68.